The molecule has 112 valence electrons. The third kappa shape index (κ3) is 2.84. The highest BCUT2D eigenvalue weighted by Gasteiger charge is 2.23. The van der Waals surface area contributed by atoms with E-state index in [1.165, 1.54) is 0 Å². The van der Waals surface area contributed by atoms with Crippen LogP contribution in [0.4, 0.5) is 0 Å². The molecule has 0 N–H and O–H groups in total. The van der Waals surface area contributed by atoms with E-state index in [0.717, 1.165) is 5.56 Å². The van der Waals surface area contributed by atoms with Crippen LogP contribution in [0, 0.1) is 0 Å². The van der Waals surface area contributed by atoms with Gasteiger partial charge in [0.25, 0.3) is 5.89 Å². The second-order valence-electron chi connectivity index (χ2n) is 4.46. The predicted octanol–water partition coefficient (Wildman–Crippen LogP) is 1.84. The van der Waals surface area contributed by atoms with E-state index < -0.39 is 0 Å². The third-order valence-corrected chi connectivity index (χ3v) is 3.17. The summed E-state index contributed by atoms with van der Waals surface area (Å²) in [6.45, 7) is 1.54. The first kappa shape index (κ1) is 13.8. The molecule has 7 heteroatoms. The van der Waals surface area contributed by atoms with Crippen LogP contribution in [0.5, 0.6) is 11.5 Å². The molecular formula is C14H16N2O5. The van der Waals surface area contributed by atoms with Crippen LogP contribution in [0.3, 0.4) is 0 Å². The molecular weight excluding hydrogens is 276 g/mol. The van der Waals surface area contributed by atoms with E-state index in [4.69, 9.17) is 23.5 Å². The number of aromatic nitrogens is 2. The van der Waals surface area contributed by atoms with E-state index in [1.54, 1.807) is 26.4 Å². The lowest BCUT2D eigenvalue weighted by molar-refractivity contribution is -0.101. The van der Waals surface area contributed by atoms with Crippen molar-refractivity contribution in [1.29, 1.82) is 0 Å². The summed E-state index contributed by atoms with van der Waals surface area (Å²) in [6.07, 6.45) is -0.305. The maximum atomic E-state index is 5.53. The Morgan fingerprint density at radius 3 is 2.71 bits per heavy atom. The lowest BCUT2D eigenvalue weighted by atomic mass is 10.2. The maximum absolute atomic E-state index is 5.53. The van der Waals surface area contributed by atoms with Crippen LogP contribution in [0.15, 0.2) is 22.7 Å². The Labute approximate surface area is 121 Å². The van der Waals surface area contributed by atoms with Gasteiger partial charge in [-0.3, -0.25) is 0 Å². The average Bonchev–Trinajstić information content (AvgIpc) is 3.05. The van der Waals surface area contributed by atoms with Gasteiger partial charge in [-0.2, -0.15) is 4.98 Å². The van der Waals surface area contributed by atoms with Crippen molar-refractivity contribution in [2.24, 2.45) is 0 Å². The second-order valence-corrected chi connectivity index (χ2v) is 4.46. The van der Waals surface area contributed by atoms with Crippen LogP contribution in [0.25, 0.3) is 11.4 Å². The minimum Gasteiger partial charge on any atom is -0.493 e. The summed E-state index contributed by atoms with van der Waals surface area (Å²) in [4.78, 5) is 4.36. The Morgan fingerprint density at radius 2 is 2.00 bits per heavy atom. The Hall–Kier alpha value is -2.12. The summed E-state index contributed by atoms with van der Waals surface area (Å²) in [7, 11) is 3.17. The van der Waals surface area contributed by atoms with E-state index >= 15 is 0 Å². The quantitative estimate of drug-likeness (QED) is 0.851. The van der Waals surface area contributed by atoms with Crippen molar-refractivity contribution in [2.45, 2.75) is 6.10 Å². The van der Waals surface area contributed by atoms with Crippen LogP contribution in [-0.4, -0.2) is 44.2 Å². The zero-order valence-electron chi connectivity index (χ0n) is 11.9. The fourth-order valence-electron chi connectivity index (χ4n) is 2.09. The van der Waals surface area contributed by atoms with Gasteiger partial charge in [-0.15, -0.1) is 0 Å². The van der Waals surface area contributed by atoms with E-state index in [1.807, 2.05) is 6.07 Å². The summed E-state index contributed by atoms with van der Waals surface area (Å²) >= 11 is 0. The minimum absolute atomic E-state index is 0.305. The van der Waals surface area contributed by atoms with Gasteiger partial charge in [0.15, 0.2) is 17.6 Å². The van der Waals surface area contributed by atoms with Crippen molar-refractivity contribution >= 4 is 0 Å². The molecule has 2 heterocycles. The zero-order valence-corrected chi connectivity index (χ0v) is 11.9. The van der Waals surface area contributed by atoms with Crippen LogP contribution in [-0.2, 0) is 9.47 Å². The molecule has 21 heavy (non-hydrogen) atoms. The monoisotopic (exact) mass is 292 g/mol. The van der Waals surface area contributed by atoms with Gasteiger partial charge in [0.1, 0.15) is 0 Å². The number of benzene rings is 1. The molecule has 1 saturated heterocycles. The van der Waals surface area contributed by atoms with Crippen LogP contribution in [0.1, 0.15) is 12.0 Å². The fraction of sp³-hybridized carbons (Fsp3) is 0.429. The molecule has 1 fully saturated rings. The zero-order chi connectivity index (χ0) is 14.7. The van der Waals surface area contributed by atoms with Crippen LogP contribution in [0.2, 0.25) is 0 Å². The highest BCUT2D eigenvalue weighted by molar-refractivity contribution is 5.60. The number of hydrogen-bond acceptors (Lipinski definition) is 7. The number of hydrogen-bond donors (Lipinski definition) is 0. The SMILES string of the molecule is COc1ccc(-c2noc(C3COCCO3)n2)cc1OC. The first-order valence-corrected chi connectivity index (χ1v) is 6.57. The molecule has 7 nitrogen and oxygen atoms in total. The lowest BCUT2D eigenvalue weighted by Gasteiger charge is -2.19. The third-order valence-electron chi connectivity index (χ3n) is 3.17. The molecule has 0 amide bonds. The molecule has 0 saturated carbocycles. The summed E-state index contributed by atoms with van der Waals surface area (Å²) in [5.41, 5.74) is 0.777. The first-order valence-electron chi connectivity index (χ1n) is 6.57. The van der Waals surface area contributed by atoms with E-state index in [9.17, 15) is 0 Å². The van der Waals surface area contributed by atoms with Gasteiger partial charge in [-0.05, 0) is 18.2 Å². The fourth-order valence-corrected chi connectivity index (χ4v) is 2.09. The molecule has 1 aliphatic rings. The van der Waals surface area contributed by atoms with E-state index in [2.05, 4.69) is 10.1 Å². The van der Waals surface area contributed by atoms with Crippen molar-refractivity contribution in [3.8, 4) is 22.9 Å². The molecule has 0 bridgehead atoms. The summed E-state index contributed by atoms with van der Waals surface area (Å²) in [6, 6.07) is 5.43. The largest absolute Gasteiger partial charge is 0.493 e. The van der Waals surface area contributed by atoms with Gasteiger partial charge >= 0.3 is 0 Å². The maximum Gasteiger partial charge on any atom is 0.258 e. The molecule has 1 aliphatic heterocycles. The standard InChI is InChI=1S/C14H16N2O5/c1-17-10-4-3-9(7-11(10)18-2)13-15-14(21-16-13)12-8-19-5-6-20-12/h3-4,7,12H,5-6,8H2,1-2H3. The molecule has 2 aromatic rings. The van der Waals surface area contributed by atoms with E-state index in [-0.39, 0.29) is 6.10 Å². The molecule has 1 aromatic heterocycles. The van der Waals surface area contributed by atoms with Gasteiger partial charge in [-0.1, -0.05) is 5.16 Å². The Balaban J connectivity index is 1.85. The van der Waals surface area contributed by atoms with Crippen LogP contribution >= 0.6 is 0 Å². The summed E-state index contributed by atoms with van der Waals surface area (Å²) in [5, 5.41) is 3.97. The van der Waals surface area contributed by atoms with Gasteiger partial charge in [0, 0.05) is 5.56 Å². The number of nitrogens with zero attached hydrogens (tertiary/aromatic N) is 2. The molecule has 1 unspecified atom stereocenters. The smallest absolute Gasteiger partial charge is 0.258 e. The van der Waals surface area contributed by atoms with E-state index in [0.29, 0.717) is 43.0 Å². The Morgan fingerprint density at radius 1 is 1.14 bits per heavy atom. The van der Waals surface area contributed by atoms with Crippen LogP contribution < -0.4 is 9.47 Å². The Kier molecular flexibility index (Phi) is 4.03. The molecule has 1 atom stereocenters. The predicted molar refractivity (Wildman–Crippen MR) is 72.4 cm³/mol. The summed E-state index contributed by atoms with van der Waals surface area (Å²) in [5.74, 6) is 2.15. The van der Waals surface area contributed by atoms with Crippen molar-refractivity contribution in [3.63, 3.8) is 0 Å². The van der Waals surface area contributed by atoms with Crippen molar-refractivity contribution in [2.75, 3.05) is 34.0 Å². The van der Waals surface area contributed by atoms with Gasteiger partial charge in [-0.25, -0.2) is 0 Å². The molecule has 1 aromatic carbocycles. The lowest BCUT2D eigenvalue weighted by Crippen LogP contribution is -2.22. The molecule has 3 rings (SSSR count). The number of rotatable bonds is 4. The Bertz CT molecular complexity index is 607. The normalized spacial score (nSPS) is 18.5. The van der Waals surface area contributed by atoms with Crippen molar-refractivity contribution in [3.05, 3.63) is 24.1 Å². The van der Waals surface area contributed by atoms with Gasteiger partial charge < -0.3 is 23.5 Å². The number of ether oxygens (including phenoxy) is 4. The topological polar surface area (TPSA) is 75.8 Å². The highest BCUT2D eigenvalue weighted by Crippen LogP contribution is 2.31. The van der Waals surface area contributed by atoms with Crippen molar-refractivity contribution < 1.29 is 23.5 Å². The number of methoxy groups -OCH3 is 2. The molecule has 0 aliphatic carbocycles. The minimum atomic E-state index is -0.305. The first-order chi connectivity index (χ1) is 10.3. The molecule has 0 spiro atoms. The summed E-state index contributed by atoms with van der Waals surface area (Å²) < 4.78 is 26.6. The van der Waals surface area contributed by atoms with Crippen molar-refractivity contribution in [1.82, 2.24) is 10.1 Å². The second kappa shape index (κ2) is 6.11. The van der Waals surface area contributed by atoms with Gasteiger partial charge in [0.05, 0.1) is 34.0 Å². The van der Waals surface area contributed by atoms with Gasteiger partial charge in [0.2, 0.25) is 5.82 Å². The molecule has 0 radical (unpaired) electrons. The average molecular weight is 292 g/mol. The highest BCUT2D eigenvalue weighted by atomic mass is 16.6.